The third kappa shape index (κ3) is 1.35. The van der Waals surface area contributed by atoms with Crippen LogP contribution in [0, 0.1) is 5.82 Å². The molecule has 0 saturated carbocycles. The first-order valence-corrected chi connectivity index (χ1v) is 4.95. The SMILES string of the molecule is CC(C)c1cc2c(cc1F)CCC2=O. The van der Waals surface area contributed by atoms with E-state index in [-0.39, 0.29) is 17.5 Å². The van der Waals surface area contributed by atoms with Gasteiger partial charge in [0, 0.05) is 12.0 Å². The summed E-state index contributed by atoms with van der Waals surface area (Å²) in [5.41, 5.74) is 2.26. The van der Waals surface area contributed by atoms with Gasteiger partial charge >= 0.3 is 0 Å². The monoisotopic (exact) mass is 192 g/mol. The molecule has 1 nitrogen and oxygen atoms in total. The molecule has 0 unspecified atom stereocenters. The van der Waals surface area contributed by atoms with Crippen LogP contribution in [0.15, 0.2) is 12.1 Å². The lowest BCUT2D eigenvalue weighted by atomic mass is 9.97. The van der Waals surface area contributed by atoms with Crippen molar-refractivity contribution in [1.82, 2.24) is 0 Å². The molecule has 0 fully saturated rings. The molecule has 1 aromatic carbocycles. The Morgan fingerprint density at radius 1 is 1.29 bits per heavy atom. The molecule has 0 saturated heterocycles. The third-order valence-electron chi connectivity index (χ3n) is 2.77. The fourth-order valence-corrected chi connectivity index (χ4v) is 1.92. The van der Waals surface area contributed by atoms with E-state index in [1.54, 1.807) is 6.07 Å². The van der Waals surface area contributed by atoms with Crippen LogP contribution in [0.3, 0.4) is 0 Å². The second kappa shape index (κ2) is 3.19. The van der Waals surface area contributed by atoms with Crippen molar-refractivity contribution in [3.63, 3.8) is 0 Å². The zero-order valence-corrected chi connectivity index (χ0v) is 8.43. The largest absolute Gasteiger partial charge is 0.294 e. The van der Waals surface area contributed by atoms with Crippen LogP contribution in [-0.2, 0) is 6.42 Å². The zero-order valence-electron chi connectivity index (χ0n) is 8.43. The molecule has 1 aliphatic rings. The highest BCUT2D eigenvalue weighted by molar-refractivity contribution is 6.00. The van der Waals surface area contributed by atoms with E-state index in [0.717, 1.165) is 11.1 Å². The van der Waals surface area contributed by atoms with Crippen molar-refractivity contribution in [2.45, 2.75) is 32.6 Å². The maximum absolute atomic E-state index is 13.5. The molecule has 0 bridgehead atoms. The van der Waals surface area contributed by atoms with Gasteiger partial charge in [0.15, 0.2) is 5.78 Å². The van der Waals surface area contributed by atoms with Gasteiger partial charge in [-0.1, -0.05) is 13.8 Å². The molecule has 2 rings (SSSR count). The smallest absolute Gasteiger partial charge is 0.163 e. The van der Waals surface area contributed by atoms with Gasteiger partial charge in [-0.25, -0.2) is 4.39 Å². The summed E-state index contributed by atoms with van der Waals surface area (Å²) in [6.07, 6.45) is 1.24. The molecule has 0 spiro atoms. The minimum Gasteiger partial charge on any atom is -0.294 e. The van der Waals surface area contributed by atoms with Crippen LogP contribution < -0.4 is 0 Å². The van der Waals surface area contributed by atoms with E-state index in [2.05, 4.69) is 0 Å². The van der Waals surface area contributed by atoms with Gasteiger partial charge < -0.3 is 0 Å². The van der Waals surface area contributed by atoms with Crippen LogP contribution in [0.1, 0.15) is 47.7 Å². The Bertz CT molecular complexity index is 394. The molecular weight excluding hydrogens is 179 g/mol. The van der Waals surface area contributed by atoms with Crippen molar-refractivity contribution < 1.29 is 9.18 Å². The Hall–Kier alpha value is -1.18. The Labute approximate surface area is 82.9 Å². The van der Waals surface area contributed by atoms with E-state index in [1.165, 1.54) is 6.07 Å². The van der Waals surface area contributed by atoms with E-state index < -0.39 is 0 Å². The van der Waals surface area contributed by atoms with Crippen LogP contribution >= 0.6 is 0 Å². The average Bonchev–Trinajstić information content (AvgIpc) is 2.46. The fourth-order valence-electron chi connectivity index (χ4n) is 1.92. The maximum Gasteiger partial charge on any atom is 0.163 e. The van der Waals surface area contributed by atoms with Crippen LogP contribution in [0.5, 0.6) is 0 Å². The van der Waals surface area contributed by atoms with Crippen LogP contribution in [0.2, 0.25) is 0 Å². The average molecular weight is 192 g/mol. The van der Waals surface area contributed by atoms with Crippen molar-refractivity contribution in [3.8, 4) is 0 Å². The number of aryl methyl sites for hydroxylation is 1. The summed E-state index contributed by atoms with van der Waals surface area (Å²) in [6.45, 7) is 3.87. The number of benzene rings is 1. The third-order valence-corrected chi connectivity index (χ3v) is 2.77. The Kier molecular flexibility index (Phi) is 2.14. The topological polar surface area (TPSA) is 17.1 Å². The number of carbonyl (C=O) groups is 1. The van der Waals surface area contributed by atoms with Crippen LogP contribution in [-0.4, -0.2) is 5.78 Å². The summed E-state index contributed by atoms with van der Waals surface area (Å²) < 4.78 is 13.5. The van der Waals surface area contributed by atoms with Gasteiger partial charge in [-0.15, -0.1) is 0 Å². The lowest BCUT2D eigenvalue weighted by Gasteiger charge is -2.09. The molecule has 0 radical (unpaired) electrons. The van der Waals surface area contributed by atoms with E-state index in [0.29, 0.717) is 18.4 Å². The van der Waals surface area contributed by atoms with Gasteiger partial charge in [-0.2, -0.15) is 0 Å². The van der Waals surface area contributed by atoms with Gasteiger partial charge in [0.2, 0.25) is 0 Å². The van der Waals surface area contributed by atoms with Crippen molar-refractivity contribution >= 4 is 5.78 Å². The molecular formula is C12H13FO. The first kappa shape index (κ1) is 9.38. The number of rotatable bonds is 1. The molecule has 1 aromatic rings. The summed E-state index contributed by atoms with van der Waals surface area (Å²) in [5, 5.41) is 0. The highest BCUT2D eigenvalue weighted by atomic mass is 19.1. The Balaban J connectivity index is 2.57. The van der Waals surface area contributed by atoms with Gasteiger partial charge in [-0.05, 0) is 35.6 Å². The van der Waals surface area contributed by atoms with Gasteiger partial charge in [0.05, 0.1) is 0 Å². The summed E-state index contributed by atoms with van der Waals surface area (Å²) in [6, 6.07) is 3.25. The number of carbonyl (C=O) groups excluding carboxylic acids is 1. The highest BCUT2D eigenvalue weighted by Gasteiger charge is 2.22. The van der Waals surface area contributed by atoms with E-state index in [1.807, 2.05) is 13.8 Å². The molecule has 14 heavy (non-hydrogen) atoms. The second-order valence-corrected chi connectivity index (χ2v) is 4.11. The van der Waals surface area contributed by atoms with Crippen molar-refractivity contribution in [2.75, 3.05) is 0 Å². The fraction of sp³-hybridized carbons (Fsp3) is 0.417. The predicted molar refractivity (Wildman–Crippen MR) is 53.1 cm³/mol. The lowest BCUT2D eigenvalue weighted by molar-refractivity contribution is 0.0994. The number of ketones is 1. The Morgan fingerprint density at radius 3 is 2.64 bits per heavy atom. The minimum atomic E-state index is -0.173. The maximum atomic E-state index is 13.5. The molecule has 0 amide bonds. The number of hydrogen-bond acceptors (Lipinski definition) is 1. The van der Waals surface area contributed by atoms with E-state index in [9.17, 15) is 9.18 Å². The zero-order chi connectivity index (χ0) is 10.3. The lowest BCUT2D eigenvalue weighted by Crippen LogP contribution is -1.99. The molecule has 1 aliphatic carbocycles. The first-order chi connectivity index (χ1) is 6.59. The van der Waals surface area contributed by atoms with Gasteiger partial charge in [0.1, 0.15) is 5.82 Å². The van der Waals surface area contributed by atoms with E-state index >= 15 is 0 Å². The molecule has 0 heterocycles. The normalized spacial score (nSPS) is 15.0. The summed E-state index contributed by atoms with van der Waals surface area (Å²) in [7, 11) is 0. The second-order valence-electron chi connectivity index (χ2n) is 4.11. The van der Waals surface area contributed by atoms with Crippen molar-refractivity contribution in [3.05, 3.63) is 34.6 Å². The van der Waals surface area contributed by atoms with Crippen LogP contribution in [0.4, 0.5) is 4.39 Å². The van der Waals surface area contributed by atoms with Crippen LogP contribution in [0.25, 0.3) is 0 Å². The number of fused-ring (bicyclic) bond motifs is 1. The molecule has 0 aromatic heterocycles. The number of hydrogen-bond donors (Lipinski definition) is 0. The minimum absolute atomic E-state index is 0.133. The number of Topliss-reactive ketones (excluding diaryl/α,β-unsaturated/α-hetero) is 1. The molecule has 0 N–H and O–H groups in total. The molecule has 2 heteroatoms. The van der Waals surface area contributed by atoms with Gasteiger partial charge in [0.25, 0.3) is 0 Å². The van der Waals surface area contributed by atoms with Crippen molar-refractivity contribution in [2.24, 2.45) is 0 Å². The molecule has 0 atom stereocenters. The predicted octanol–water partition coefficient (Wildman–Crippen LogP) is 3.08. The van der Waals surface area contributed by atoms with Crippen molar-refractivity contribution in [1.29, 1.82) is 0 Å². The molecule has 74 valence electrons. The summed E-state index contributed by atoms with van der Waals surface area (Å²) in [4.78, 5) is 11.4. The summed E-state index contributed by atoms with van der Waals surface area (Å²) >= 11 is 0. The summed E-state index contributed by atoms with van der Waals surface area (Å²) in [5.74, 6) is 0.115. The Morgan fingerprint density at radius 2 is 2.00 bits per heavy atom. The van der Waals surface area contributed by atoms with E-state index in [4.69, 9.17) is 0 Å². The van der Waals surface area contributed by atoms with Gasteiger partial charge in [-0.3, -0.25) is 4.79 Å². The standard InChI is InChI=1S/C12H13FO/c1-7(2)9-6-10-8(5-11(9)13)3-4-12(10)14/h5-7H,3-4H2,1-2H3. The molecule has 0 aliphatic heterocycles. The first-order valence-electron chi connectivity index (χ1n) is 4.95. The quantitative estimate of drug-likeness (QED) is 0.668. The number of halogens is 1. The highest BCUT2D eigenvalue weighted by Crippen LogP contribution is 2.28.